The summed E-state index contributed by atoms with van der Waals surface area (Å²) in [4.78, 5) is 29.0. The van der Waals surface area contributed by atoms with Crippen molar-refractivity contribution >= 4 is 28.3 Å². The van der Waals surface area contributed by atoms with Gasteiger partial charge in [0.1, 0.15) is 23.8 Å². The number of nitrogens with zero attached hydrogens (tertiary/aromatic N) is 3. The number of aromatic nitrogens is 3. The Balaban J connectivity index is 1.51. The highest BCUT2D eigenvalue weighted by Gasteiger charge is 2.20. The zero-order valence-electron chi connectivity index (χ0n) is 19.2. The van der Waals surface area contributed by atoms with Gasteiger partial charge in [-0.25, -0.2) is 13.8 Å². The fourth-order valence-corrected chi connectivity index (χ4v) is 3.93. The van der Waals surface area contributed by atoms with Gasteiger partial charge in [0, 0.05) is 11.6 Å². The minimum Gasteiger partial charge on any atom is -0.471 e. The van der Waals surface area contributed by atoms with E-state index in [0.717, 1.165) is 5.56 Å². The topological polar surface area (TPSA) is 95.3 Å². The molecular weight excluding hydrogens is 490 g/mol. The summed E-state index contributed by atoms with van der Waals surface area (Å²) in [5.41, 5.74) is 2.11. The second-order valence-corrected chi connectivity index (χ2v) is 8.53. The quantitative estimate of drug-likeness (QED) is 0.312. The molecule has 1 amide bonds. The van der Waals surface area contributed by atoms with E-state index in [2.05, 4.69) is 15.4 Å². The van der Waals surface area contributed by atoms with E-state index in [1.54, 1.807) is 36.6 Å². The van der Waals surface area contributed by atoms with Crippen molar-refractivity contribution < 1.29 is 27.8 Å². The van der Waals surface area contributed by atoms with Crippen molar-refractivity contribution in [3.63, 3.8) is 0 Å². The monoisotopic (exact) mass is 512 g/mol. The molecule has 0 spiro atoms. The zero-order valence-corrected chi connectivity index (χ0v) is 20.1. The molecule has 0 aliphatic heterocycles. The Labute approximate surface area is 209 Å². The third kappa shape index (κ3) is 6.72. The Hall–Kier alpha value is -4.12. The van der Waals surface area contributed by atoms with E-state index < -0.39 is 11.9 Å². The van der Waals surface area contributed by atoms with Crippen LogP contribution in [0.2, 0.25) is 0 Å². The highest BCUT2D eigenvalue weighted by atomic mass is 32.1. The highest BCUT2D eigenvalue weighted by Crippen LogP contribution is 2.22. The maximum absolute atomic E-state index is 13.3. The normalized spacial score (nSPS) is 10.8. The average Bonchev–Trinajstić information content (AvgIpc) is 3.47. The Morgan fingerprint density at radius 3 is 2.36 bits per heavy atom. The van der Waals surface area contributed by atoms with Crippen molar-refractivity contribution in [2.45, 2.75) is 26.5 Å². The molecule has 0 atom stereocenters. The first-order valence-electron chi connectivity index (χ1n) is 11.0. The van der Waals surface area contributed by atoms with Crippen LogP contribution in [0.15, 0.2) is 60.1 Å². The molecule has 2 heterocycles. The van der Waals surface area contributed by atoms with Crippen molar-refractivity contribution in [1.29, 1.82) is 0 Å². The van der Waals surface area contributed by atoms with Gasteiger partial charge in [-0.2, -0.15) is 0 Å². The molecule has 0 radical (unpaired) electrons. The van der Waals surface area contributed by atoms with Crippen LogP contribution >= 0.6 is 11.3 Å². The fraction of sp³-hybridized carbons (Fsp3) is 0.200. The molecule has 0 aliphatic rings. The number of esters is 1. The van der Waals surface area contributed by atoms with Crippen LogP contribution in [0.3, 0.4) is 0 Å². The Bertz CT molecular complexity index is 1340. The molecule has 0 saturated heterocycles. The van der Waals surface area contributed by atoms with Gasteiger partial charge in [0.2, 0.25) is 5.88 Å². The van der Waals surface area contributed by atoms with Gasteiger partial charge in [-0.1, -0.05) is 24.3 Å². The molecule has 11 heteroatoms. The van der Waals surface area contributed by atoms with Gasteiger partial charge in [0.15, 0.2) is 5.13 Å². The van der Waals surface area contributed by atoms with Crippen LogP contribution in [0.25, 0.3) is 0 Å². The van der Waals surface area contributed by atoms with Gasteiger partial charge in [0.25, 0.3) is 5.91 Å². The lowest BCUT2D eigenvalue weighted by Crippen LogP contribution is -2.13. The predicted molar refractivity (Wildman–Crippen MR) is 129 cm³/mol. The standard InChI is InChI=1S/C25H22F2N4O4S/c1-2-34-22(32)11-20-15-36-25(28-20)29-23(33)21-13-31(12-16-3-7-18(26)8-4-16)30-24(21)35-14-17-5-9-19(27)10-6-17/h3-10,13,15H,2,11-12,14H2,1H3,(H,28,29,33). The molecule has 0 aliphatic carbocycles. The minimum absolute atomic E-state index is 0.00183. The second-order valence-electron chi connectivity index (χ2n) is 7.67. The van der Waals surface area contributed by atoms with Gasteiger partial charge in [-0.3, -0.25) is 19.6 Å². The maximum atomic E-state index is 13.3. The Morgan fingerprint density at radius 1 is 1.03 bits per heavy atom. The van der Waals surface area contributed by atoms with Gasteiger partial charge in [0.05, 0.1) is 25.3 Å². The number of thiazole rings is 1. The summed E-state index contributed by atoms with van der Waals surface area (Å²) in [5, 5.41) is 9.04. The van der Waals surface area contributed by atoms with Gasteiger partial charge >= 0.3 is 5.97 Å². The van der Waals surface area contributed by atoms with E-state index in [-0.39, 0.29) is 49.3 Å². The molecule has 0 unspecified atom stereocenters. The number of nitrogens with one attached hydrogen (secondary N) is 1. The summed E-state index contributed by atoms with van der Waals surface area (Å²) in [6, 6.07) is 11.7. The van der Waals surface area contributed by atoms with Crippen LogP contribution in [-0.2, 0) is 29.1 Å². The van der Waals surface area contributed by atoms with E-state index >= 15 is 0 Å². The molecule has 0 saturated carbocycles. The molecule has 36 heavy (non-hydrogen) atoms. The number of halogens is 2. The first-order valence-corrected chi connectivity index (χ1v) is 11.9. The van der Waals surface area contributed by atoms with Crippen molar-refractivity contribution in [1.82, 2.24) is 14.8 Å². The number of hydrogen-bond acceptors (Lipinski definition) is 7. The van der Waals surface area contributed by atoms with Crippen LogP contribution < -0.4 is 10.1 Å². The number of amides is 1. The second kappa shape index (κ2) is 11.5. The number of hydrogen-bond donors (Lipinski definition) is 1. The van der Waals surface area contributed by atoms with Crippen molar-refractivity contribution in [2.75, 3.05) is 11.9 Å². The van der Waals surface area contributed by atoms with Crippen molar-refractivity contribution in [3.8, 4) is 5.88 Å². The number of ether oxygens (including phenoxy) is 2. The SMILES string of the molecule is CCOC(=O)Cc1csc(NC(=O)c2cn(Cc3ccc(F)cc3)nc2OCc2ccc(F)cc2)n1. The van der Waals surface area contributed by atoms with Crippen LogP contribution in [0.1, 0.15) is 34.1 Å². The molecule has 2 aromatic carbocycles. The van der Waals surface area contributed by atoms with Crippen LogP contribution in [-0.4, -0.2) is 33.2 Å². The lowest BCUT2D eigenvalue weighted by atomic mass is 10.2. The third-order valence-electron chi connectivity index (χ3n) is 4.92. The van der Waals surface area contributed by atoms with Crippen LogP contribution in [0.4, 0.5) is 13.9 Å². The minimum atomic E-state index is -0.508. The van der Waals surface area contributed by atoms with Gasteiger partial charge in [-0.15, -0.1) is 16.4 Å². The number of rotatable bonds is 10. The molecule has 1 N–H and O–H groups in total. The van der Waals surface area contributed by atoms with E-state index in [4.69, 9.17) is 9.47 Å². The molecule has 2 aromatic heterocycles. The summed E-state index contributed by atoms with van der Waals surface area (Å²) in [7, 11) is 0. The molecule has 4 aromatic rings. The smallest absolute Gasteiger partial charge is 0.311 e. The lowest BCUT2D eigenvalue weighted by Gasteiger charge is -2.06. The highest BCUT2D eigenvalue weighted by molar-refractivity contribution is 7.14. The number of carbonyl (C=O) groups excluding carboxylic acids is 2. The van der Waals surface area contributed by atoms with Crippen molar-refractivity contribution in [2.24, 2.45) is 0 Å². The average molecular weight is 513 g/mol. The first-order chi connectivity index (χ1) is 17.4. The van der Waals surface area contributed by atoms with E-state index in [9.17, 15) is 18.4 Å². The molecule has 0 bridgehead atoms. The summed E-state index contributed by atoms with van der Waals surface area (Å²) < 4.78 is 38.7. The number of carbonyl (C=O) groups is 2. The molecular formula is C25H22F2N4O4S. The third-order valence-corrected chi connectivity index (χ3v) is 5.73. The predicted octanol–water partition coefficient (Wildman–Crippen LogP) is 4.60. The van der Waals surface area contributed by atoms with Gasteiger partial charge in [-0.05, 0) is 42.3 Å². The molecule has 8 nitrogen and oxygen atoms in total. The van der Waals surface area contributed by atoms with Crippen molar-refractivity contribution in [3.05, 3.63) is 94.1 Å². The van der Waals surface area contributed by atoms with Crippen LogP contribution in [0.5, 0.6) is 5.88 Å². The number of anilines is 1. The largest absolute Gasteiger partial charge is 0.471 e. The fourth-order valence-electron chi connectivity index (χ4n) is 3.23. The Morgan fingerprint density at radius 2 is 1.69 bits per heavy atom. The molecule has 4 rings (SSSR count). The molecule has 0 fully saturated rings. The summed E-state index contributed by atoms with van der Waals surface area (Å²) in [5.74, 6) is -1.56. The summed E-state index contributed by atoms with van der Waals surface area (Å²) >= 11 is 1.17. The first kappa shape index (κ1) is 25.0. The Kier molecular flexibility index (Phi) is 8.01. The van der Waals surface area contributed by atoms with E-state index in [0.29, 0.717) is 16.4 Å². The summed E-state index contributed by atoms with van der Waals surface area (Å²) in [6.45, 7) is 2.34. The lowest BCUT2D eigenvalue weighted by molar-refractivity contribution is -0.142. The number of benzene rings is 2. The van der Waals surface area contributed by atoms with Crippen LogP contribution in [0, 0.1) is 11.6 Å². The van der Waals surface area contributed by atoms with Gasteiger partial charge < -0.3 is 9.47 Å². The summed E-state index contributed by atoms with van der Waals surface area (Å²) in [6.07, 6.45) is 1.52. The zero-order chi connectivity index (χ0) is 25.5. The maximum Gasteiger partial charge on any atom is 0.311 e. The van der Waals surface area contributed by atoms with E-state index in [1.807, 2.05) is 0 Å². The molecule has 186 valence electrons. The van der Waals surface area contributed by atoms with E-state index in [1.165, 1.54) is 46.5 Å².